The van der Waals surface area contributed by atoms with Crippen LogP contribution in [0, 0.1) is 5.92 Å². The molecule has 5 heteroatoms. The van der Waals surface area contributed by atoms with Crippen molar-refractivity contribution in [1.29, 1.82) is 0 Å². The number of nitrogens with zero attached hydrogens (tertiary/aromatic N) is 2. The molecular formula is C16H22N2O3. The zero-order chi connectivity index (χ0) is 15.1. The van der Waals surface area contributed by atoms with Crippen LogP contribution in [0.1, 0.15) is 25.0 Å². The third-order valence-corrected chi connectivity index (χ3v) is 4.79. The van der Waals surface area contributed by atoms with E-state index in [1.165, 1.54) is 4.90 Å². The van der Waals surface area contributed by atoms with Gasteiger partial charge in [-0.25, -0.2) is 0 Å². The molecule has 0 saturated carbocycles. The number of methoxy groups -OCH3 is 1. The molecule has 1 N–H and O–H groups in total. The number of amides is 1. The van der Waals surface area contributed by atoms with E-state index >= 15 is 0 Å². The number of anilines is 2. The number of piperidine rings is 1. The number of aliphatic hydroxyl groups is 1. The fraction of sp³-hybridized carbons (Fsp3) is 0.562. The van der Waals surface area contributed by atoms with Crippen molar-refractivity contribution in [3.05, 3.63) is 23.8 Å². The first-order valence-electron chi connectivity index (χ1n) is 7.40. The largest absolute Gasteiger partial charge is 0.379 e. The van der Waals surface area contributed by atoms with Crippen LogP contribution in [0.2, 0.25) is 0 Å². The Morgan fingerprint density at radius 2 is 2.14 bits per heavy atom. The molecular weight excluding hydrogens is 268 g/mol. The Balaban J connectivity index is 1.87. The number of ether oxygens (including phenoxy) is 1. The van der Waals surface area contributed by atoms with Crippen LogP contribution in [-0.2, 0) is 9.53 Å². The smallest absolute Gasteiger partial charge is 0.260 e. The van der Waals surface area contributed by atoms with Gasteiger partial charge in [0.2, 0.25) is 0 Å². The van der Waals surface area contributed by atoms with Gasteiger partial charge in [0.25, 0.3) is 5.91 Å². The molecule has 0 bridgehead atoms. The highest BCUT2D eigenvalue weighted by molar-refractivity contribution is 6.03. The van der Waals surface area contributed by atoms with E-state index in [1.54, 1.807) is 14.2 Å². The molecule has 1 saturated heterocycles. The summed E-state index contributed by atoms with van der Waals surface area (Å²) in [4.78, 5) is 15.7. The summed E-state index contributed by atoms with van der Waals surface area (Å²) < 4.78 is 5.56. The Hall–Kier alpha value is -1.59. The van der Waals surface area contributed by atoms with E-state index < -0.39 is 6.10 Å². The molecule has 1 amide bonds. The minimum Gasteiger partial charge on any atom is -0.379 e. The van der Waals surface area contributed by atoms with Crippen LogP contribution in [-0.4, -0.2) is 44.4 Å². The minimum atomic E-state index is -1.02. The van der Waals surface area contributed by atoms with Gasteiger partial charge in [-0.15, -0.1) is 0 Å². The first kappa shape index (κ1) is 14.4. The summed E-state index contributed by atoms with van der Waals surface area (Å²) in [5.74, 6) is 0.302. The van der Waals surface area contributed by atoms with Crippen molar-refractivity contribution in [2.75, 3.05) is 37.0 Å². The van der Waals surface area contributed by atoms with E-state index in [4.69, 9.17) is 4.74 Å². The Labute approximate surface area is 125 Å². The lowest BCUT2D eigenvalue weighted by Crippen LogP contribution is -2.43. The van der Waals surface area contributed by atoms with Crippen molar-refractivity contribution in [3.8, 4) is 0 Å². The second-order valence-corrected chi connectivity index (χ2v) is 6.03. The monoisotopic (exact) mass is 290 g/mol. The van der Waals surface area contributed by atoms with E-state index in [1.807, 2.05) is 18.2 Å². The van der Waals surface area contributed by atoms with Gasteiger partial charge in [-0.05, 0) is 24.5 Å². The first-order valence-corrected chi connectivity index (χ1v) is 7.40. The maximum Gasteiger partial charge on any atom is 0.260 e. The van der Waals surface area contributed by atoms with Crippen LogP contribution in [0.15, 0.2) is 18.2 Å². The van der Waals surface area contributed by atoms with Gasteiger partial charge in [-0.1, -0.05) is 13.0 Å². The summed E-state index contributed by atoms with van der Waals surface area (Å²) in [7, 11) is 3.47. The highest BCUT2D eigenvalue weighted by Gasteiger charge is 2.34. The van der Waals surface area contributed by atoms with Gasteiger partial charge < -0.3 is 19.6 Å². The molecule has 1 aromatic carbocycles. The number of carbonyl (C=O) groups is 1. The molecule has 0 aliphatic carbocycles. The van der Waals surface area contributed by atoms with Gasteiger partial charge in [0.15, 0.2) is 6.10 Å². The van der Waals surface area contributed by atoms with E-state index in [-0.39, 0.29) is 12.0 Å². The molecule has 2 aliphatic heterocycles. The Morgan fingerprint density at radius 1 is 1.38 bits per heavy atom. The fourth-order valence-electron chi connectivity index (χ4n) is 3.26. The molecule has 1 aromatic rings. The van der Waals surface area contributed by atoms with Crippen molar-refractivity contribution in [2.24, 2.45) is 5.92 Å². The fourth-order valence-corrected chi connectivity index (χ4v) is 3.26. The SMILES string of the molecule is COC1CN(c2ccc3c(c2)N(C)C(=O)C3O)CCC1C. The van der Waals surface area contributed by atoms with Crippen molar-refractivity contribution < 1.29 is 14.6 Å². The minimum absolute atomic E-state index is 0.233. The highest BCUT2D eigenvalue weighted by Crippen LogP contribution is 2.38. The molecule has 1 fully saturated rings. The summed E-state index contributed by atoms with van der Waals surface area (Å²) in [5.41, 5.74) is 2.58. The summed E-state index contributed by atoms with van der Waals surface area (Å²) in [6, 6.07) is 5.83. The quantitative estimate of drug-likeness (QED) is 0.898. The highest BCUT2D eigenvalue weighted by atomic mass is 16.5. The summed E-state index contributed by atoms with van der Waals surface area (Å²) in [6.45, 7) is 4.06. The van der Waals surface area contributed by atoms with E-state index in [0.29, 0.717) is 11.5 Å². The molecule has 114 valence electrons. The number of hydrogen-bond acceptors (Lipinski definition) is 4. The van der Waals surface area contributed by atoms with Gasteiger partial charge in [0, 0.05) is 38.5 Å². The van der Waals surface area contributed by atoms with Gasteiger partial charge in [-0.2, -0.15) is 0 Å². The third-order valence-electron chi connectivity index (χ3n) is 4.79. The zero-order valence-corrected chi connectivity index (χ0v) is 12.7. The topological polar surface area (TPSA) is 53.0 Å². The molecule has 3 atom stereocenters. The lowest BCUT2D eigenvalue weighted by molar-refractivity contribution is -0.125. The second kappa shape index (κ2) is 5.31. The number of benzene rings is 1. The number of likely N-dealkylation sites (N-methyl/N-ethyl adjacent to an activating group) is 1. The third kappa shape index (κ3) is 2.30. The summed E-state index contributed by atoms with van der Waals surface area (Å²) in [5, 5.41) is 9.91. The van der Waals surface area contributed by atoms with Gasteiger partial charge in [-0.3, -0.25) is 4.79 Å². The molecule has 2 heterocycles. The van der Waals surface area contributed by atoms with Crippen LogP contribution in [0.3, 0.4) is 0 Å². The maximum atomic E-state index is 11.8. The van der Waals surface area contributed by atoms with Crippen LogP contribution in [0.25, 0.3) is 0 Å². The Morgan fingerprint density at radius 3 is 2.86 bits per heavy atom. The van der Waals surface area contributed by atoms with Crippen molar-refractivity contribution in [2.45, 2.75) is 25.6 Å². The lowest BCUT2D eigenvalue weighted by Gasteiger charge is -2.37. The van der Waals surface area contributed by atoms with Crippen LogP contribution >= 0.6 is 0 Å². The van der Waals surface area contributed by atoms with Crippen LogP contribution in [0.4, 0.5) is 11.4 Å². The summed E-state index contributed by atoms with van der Waals surface area (Å²) >= 11 is 0. The van der Waals surface area contributed by atoms with Crippen molar-refractivity contribution in [3.63, 3.8) is 0 Å². The number of fused-ring (bicyclic) bond motifs is 1. The summed E-state index contributed by atoms with van der Waals surface area (Å²) in [6.07, 6.45) is 0.302. The molecule has 0 aromatic heterocycles. The Kier molecular flexibility index (Phi) is 3.63. The van der Waals surface area contributed by atoms with E-state index in [2.05, 4.69) is 11.8 Å². The number of hydrogen-bond donors (Lipinski definition) is 1. The van der Waals surface area contributed by atoms with E-state index in [0.717, 1.165) is 30.9 Å². The molecule has 5 nitrogen and oxygen atoms in total. The first-order chi connectivity index (χ1) is 10.0. The lowest BCUT2D eigenvalue weighted by atomic mass is 9.95. The predicted octanol–water partition coefficient (Wildman–Crippen LogP) is 1.56. The van der Waals surface area contributed by atoms with Crippen molar-refractivity contribution in [1.82, 2.24) is 0 Å². The standard InChI is InChI=1S/C16H22N2O3/c1-10-6-7-18(9-14(10)21-3)11-4-5-12-13(8-11)17(2)16(20)15(12)19/h4-5,8,10,14-15,19H,6-7,9H2,1-3H3. The Bertz CT molecular complexity index is 560. The average Bonchev–Trinajstić information content (AvgIpc) is 2.72. The molecule has 0 radical (unpaired) electrons. The molecule has 21 heavy (non-hydrogen) atoms. The van der Waals surface area contributed by atoms with Crippen LogP contribution < -0.4 is 9.80 Å². The predicted molar refractivity (Wildman–Crippen MR) is 81.6 cm³/mol. The number of aliphatic hydroxyl groups excluding tert-OH is 1. The number of carbonyl (C=O) groups excluding carboxylic acids is 1. The number of rotatable bonds is 2. The van der Waals surface area contributed by atoms with Gasteiger partial charge in [0.05, 0.1) is 11.8 Å². The average molecular weight is 290 g/mol. The zero-order valence-electron chi connectivity index (χ0n) is 12.7. The molecule has 3 rings (SSSR count). The molecule has 2 aliphatic rings. The van der Waals surface area contributed by atoms with Gasteiger partial charge >= 0.3 is 0 Å². The van der Waals surface area contributed by atoms with Crippen molar-refractivity contribution >= 4 is 17.3 Å². The molecule has 0 spiro atoms. The molecule has 3 unspecified atom stereocenters. The maximum absolute atomic E-state index is 11.8. The second-order valence-electron chi connectivity index (χ2n) is 6.03. The van der Waals surface area contributed by atoms with Gasteiger partial charge in [0.1, 0.15) is 0 Å². The van der Waals surface area contributed by atoms with Crippen LogP contribution in [0.5, 0.6) is 0 Å². The normalized spacial score (nSPS) is 29.0. The van der Waals surface area contributed by atoms with E-state index in [9.17, 15) is 9.90 Å².